The number of carbonyl (C=O) groups is 1. The maximum Gasteiger partial charge on any atom is 0.365 e. The number of methoxy groups -OCH3 is 1. The molecule has 0 radical (unpaired) electrons. The molecule has 1 fully saturated rings. The van der Waals surface area contributed by atoms with Crippen LogP contribution in [0, 0.1) is 0 Å². The summed E-state index contributed by atoms with van der Waals surface area (Å²) in [7, 11) is 5.21. The van der Waals surface area contributed by atoms with Gasteiger partial charge in [0.15, 0.2) is 0 Å². The van der Waals surface area contributed by atoms with Crippen molar-refractivity contribution in [1.29, 1.82) is 0 Å². The molecule has 6 heteroatoms. The highest BCUT2D eigenvalue weighted by molar-refractivity contribution is 6.42. The van der Waals surface area contributed by atoms with E-state index in [0.717, 1.165) is 35.1 Å². The standard InChI is InChI=1S/C28H29N4O2/c1-30-23-13-7-4-10-20(23)14-15-26(30)27(28(33)34-3)29-31(2)24-16-17-25(32-18-8-9-19-32)22-12-6-5-11-21(22)24/h4-7,10-17H,8-9,18-19H2,1-3H3/q+1. The molecule has 1 saturated heterocycles. The van der Waals surface area contributed by atoms with Crippen molar-refractivity contribution in [3.8, 4) is 0 Å². The predicted molar refractivity (Wildman–Crippen MR) is 137 cm³/mol. The van der Waals surface area contributed by atoms with Gasteiger partial charge in [-0.25, -0.2) is 4.79 Å². The van der Waals surface area contributed by atoms with Gasteiger partial charge in [-0.2, -0.15) is 9.67 Å². The molecule has 0 spiro atoms. The van der Waals surface area contributed by atoms with Crippen LogP contribution in [0.1, 0.15) is 18.5 Å². The highest BCUT2D eigenvalue weighted by atomic mass is 16.5. The summed E-state index contributed by atoms with van der Waals surface area (Å²) in [5.74, 6) is -0.476. The van der Waals surface area contributed by atoms with Crippen LogP contribution in [0.3, 0.4) is 0 Å². The second-order valence-electron chi connectivity index (χ2n) is 8.64. The normalized spacial score (nSPS) is 14.1. The molecule has 0 saturated carbocycles. The van der Waals surface area contributed by atoms with Crippen molar-refractivity contribution in [2.24, 2.45) is 12.1 Å². The van der Waals surface area contributed by atoms with Crippen molar-refractivity contribution < 1.29 is 14.1 Å². The van der Waals surface area contributed by atoms with Gasteiger partial charge in [0.2, 0.25) is 16.9 Å². The number of ether oxygens (including phenoxy) is 1. The lowest BCUT2D eigenvalue weighted by atomic mass is 10.1. The van der Waals surface area contributed by atoms with Gasteiger partial charge in [-0.1, -0.05) is 36.4 Å². The van der Waals surface area contributed by atoms with Crippen LogP contribution in [-0.4, -0.2) is 38.9 Å². The Morgan fingerprint density at radius 2 is 1.65 bits per heavy atom. The Balaban J connectivity index is 1.62. The van der Waals surface area contributed by atoms with Crippen LogP contribution in [-0.2, 0) is 16.6 Å². The smallest absolute Gasteiger partial charge is 0.365 e. The zero-order valence-corrected chi connectivity index (χ0v) is 19.9. The fourth-order valence-corrected chi connectivity index (χ4v) is 4.86. The number of hydrogen-bond donors (Lipinski definition) is 0. The molecule has 0 amide bonds. The van der Waals surface area contributed by atoms with Gasteiger partial charge in [-0.05, 0) is 37.1 Å². The average Bonchev–Trinajstić information content (AvgIpc) is 3.41. The van der Waals surface area contributed by atoms with E-state index in [0.29, 0.717) is 5.69 Å². The number of anilines is 2. The molecule has 34 heavy (non-hydrogen) atoms. The number of aromatic nitrogens is 1. The van der Waals surface area contributed by atoms with Crippen molar-refractivity contribution in [2.75, 3.05) is 37.2 Å². The summed E-state index contributed by atoms with van der Waals surface area (Å²) in [6.07, 6.45) is 2.46. The van der Waals surface area contributed by atoms with E-state index in [1.807, 2.05) is 61.1 Å². The Morgan fingerprint density at radius 3 is 2.41 bits per heavy atom. The molecule has 6 nitrogen and oxygen atoms in total. The third kappa shape index (κ3) is 3.85. The fourth-order valence-electron chi connectivity index (χ4n) is 4.86. The highest BCUT2D eigenvalue weighted by Gasteiger charge is 2.26. The van der Waals surface area contributed by atoms with E-state index in [1.54, 1.807) is 5.01 Å². The number of esters is 1. The second kappa shape index (κ2) is 9.14. The third-order valence-electron chi connectivity index (χ3n) is 6.63. The average molecular weight is 454 g/mol. The van der Waals surface area contributed by atoms with Gasteiger partial charge in [0.1, 0.15) is 7.05 Å². The van der Waals surface area contributed by atoms with Crippen LogP contribution in [0.2, 0.25) is 0 Å². The zero-order chi connectivity index (χ0) is 23.7. The molecule has 4 aromatic rings. The first-order chi connectivity index (χ1) is 16.6. The van der Waals surface area contributed by atoms with Gasteiger partial charge in [0.05, 0.1) is 12.8 Å². The molecular formula is C28H29N4O2+. The second-order valence-corrected chi connectivity index (χ2v) is 8.64. The molecule has 0 aliphatic carbocycles. The third-order valence-corrected chi connectivity index (χ3v) is 6.63. The number of para-hydroxylation sites is 1. The molecule has 0 bridgehead atoms. The summed E-state index contributed by atoms with van der Waals surface area (Å²) in [4.78, 5) is 15.3. The lowest BCUT2D eigenvalue weighted by Crippen LogP contribution is -2.40. The first kappa shape index (κ1) is 21.9. The van der Waals surface area contributed by atoms with Crippen LogP contribution in [0.5, 0.6) is 0 Å². The lowest BCUT2D eigenvalue weighted by Gasteiger charge is -2.23. The van der Waals surface area contributed by atoms with Crippen molar-refractivity contribution in [1.82, 2.24) is 0 Å². The minimum Gasteiger partial charge on any atom is -0.464 e. The molecule has 3 aromatic carbocycles. The molecule has 5 rings (SSSR count). The number of fused-ring (bicyclic) bond motifs is 2. The molecule has 1 aliphatic heterocycles. The van der Waals surface area contributed by atoms with Crippen LogP contribution in [0.4, 0.5) is 11.4 Å². The molecular weight excluding hydrogens is 424 g/mol. The maximum atomic E-state index is 12.9. The predicted octanol–water partition coefficient (Wildman–Crippen LogP) is 4.43. The van der Waals surface area contributed by atoms with E-state index in [9.17, 15) is 4.79 Å². The Labute approximate surface area is 199 Å². The summed E-state index contributed by atoms with van der Waals surface area (Å²) in [5, 5.41) is 9.94. The minimum absolute atomic E-state index is 0.256. The van der Waals surface area contributed by atoms with Crippen LogP contribution in [0.25, 0.3) is 21.7 Å². The topological polar surface area (TPSA) is 49.0 Å². The van der Waals surface area contributed by atoms with Crippen molar-refractivity contribution in [2.45, 2.75) is 12.8 Å². The number of hydrogen-bond acceptors (Lipinski definition) is 5. The SMILES string of the molecule is COC(=O)/C(=N\N(C)c1ccc(N2CCCC2)c2ccccc12)c1ccc2ccccc2[n+]1C. The van der Waals surface area contributed by atoms with E-state index in [2.05, 4.69) is 35.2 Å². The highest BCUT2D eigenvalue weighted by Crippen LogP contribution is 2.35. The van der Waals surface area contributed by atoms with E-state index < -0.39 is 5.97 Å². The van der Waals surface area contributed by atoms with Gasteiger partial charge in [-0.3, -0.25) is 5.01 Å². The number of nitrogens with zero attached hydrogens (tertiary/aromatic N) is 4. The summed E-state index contributed by atoms with van der Waals surface area (Å²) in [6.45, 7) is 2.17. The molecule has 1 aromatic heterocycles. The summed E-state index contributed by atoms with van der Waals surface area (Å²) in [6, 6.07) is 24.6. The van der Waals surface area contributed by atoms with Gasteiger partial charge in [-0.15, -0.1) is 0 Å². The Bertz CT molecular complexity index is 1410. The lowest BCUT2D eigenvalue weighted by molar-refractivity contribution is -0.646. The zero-order valence-electron chi connectivity index (χ0n) is 19.9. The van der Waals surface area contributed by atoms with E-state index in [1.165, 1.54) is 31.0 Å². The molecule has 172 valence electrons. The first-order valence-corrected chi connectivity index (χ1v) is 11.6. The van der Waals surface area contributed by atoms with Crippen molar-refractivity contribution in [3.05, 3.63) is 78.5 Å². The quantitative estimate of drug-likeness (QED) is 0.194. The number of aryl methyl sites for hydroxylation is 1. The number of hydrazone groups is 1. The van der Waals surface area contributed by atoms with Crippen LogP contribution < -0.4 is 14.5 Å². The summed E-state index contributed by atoms with van der Waals surface area (Å²) in [5.41, 5.74) is 4.15. The Hall–Kier alpha value is -3.93. The minimum atomic E-state index is -0.476. The maximum absolute atomic E-state index is 12.9. The van der Waals surface area contributed by atoms with Crippen LogP contribution in [0.15, 0.2) is 77.9 Å². The van der Waals surface area contributed by atoms with E-state index in [-0.39, 0.29) is 5.71 Å². The molecule has 0 atom stereocenters. The Morgan fingerprint density at radius 1 is 0.941 bits per heavy atom. The Kier molecular flexibility index (Phi) is 5.88. The largest absolute Gasteiger partial charge is 0.464 e. The number of rotatable bonds is 5. The van der Waals surface area contributed by atoms with Gasteiger partial charge >= 0.3 is 5.97 Å². The van der Waals surface area contributed by atoms with E-state index >= 15 is 0 Å². The molecule has 0 unspecified atom stereocenters. The molecule has 2 heterocycles. The number of carbonyl (C=O) groups excluding carboxylic acids is 1. The van der Waals surface area contributed by atoms with Gasteiger partial charge < -0.3 is 9.64 Å². The van der Waals surface area contributed by atoms with Gasteiger partial charge in [0, 0.05) is 54.1 Å². The van der Waals surface area contributed by atoms with Crippen LogP contribution >= 0.6 is 0 Å². The molecule has 1 aliphatic rings. The molecule has 0 N–H and O–H groups in total. The summed E-state index contributed by atoms with van der Waals surface area (Å²) >= 11 is 0. The van der Waals surface area contributed by atoms with Crippen molar-refractivity contribution >= 4 is 44.7 Å². The van der Waals surface area contributed by atoms with E-state index in [4.69, 9.17) is 9.84 Å². The monoisotopic (exact) mass is 453 g/mol. The fraction of sp³-hybridized carbons (Fsp3) is 0.250. The van der Waals surface area contributed by atoms with Gasteiger partial charge in [0.25, 0.3) is 0 Å². The number of pyridine rings is 1. The summed E-state index contributed by atoms with van der Waals surface area (Å²) < 4.78 is 7.11. The number of benzene rings is 3. The first-order valence-electron chi connectivity index (χ1n) is 11.6. The van der Waals surface area contributed by atoms with Crippen molar-refractivity contribution in [3.63, 3.8) is 0 Å².